The molecule has 0 fully saturated rings. The molecule has 0 aliphatic carbocycles. The second kappa shape index (κ2) is 9.56. The number of carboxylic acids is 2. The number of aliphatic carboxylic acids is 2. The fourth-order valence-electron chi connectivity index (χ4n) is 0.623. The molecule has 0 heterocycles. The molecule has 0 saturated heterocycles. The summed E-state index contributed by atoms with van der Waals surface area (Å²) in [4.78, 5) is 19.8. The van der Waals surface area contributed by atoms with Crippen molar-refractivity contribution in [3.8, 4) is 0 Å². The highest BCUT2D eigenvalue weighted by molar-refractivity contribution is 7.83. The van der Waals surface area contributed by atoms with Gasteiger partial charge in [0, 0.05) is 12.8 Å². The standard InChI is InChI=1S/C6H10O4.H2O8S2/c7-5(8)3-1-2-4-6(9)10;1-9(2,3)7-8-10(4,5)6/h1-4H2,(H,7,8)(H,9,10);(H,1,2,3)(H,4,5,6). The Kier molecular flexibility index (Phi) is 10.0. The molecule has 0 atom stereocenters. The molecule has 0 rings (SSSR count). The van der Waals surface area contributed by atoms with Crippen molar-refractivity contribution in [1.29, 1.82) is 0 Å². The van der Waals surface area contributed by atoms with Crippen LogP contribution in [-0.4, -0.2) is 48.1 Å². The highest BCUT2D eigenvalue weighted by Crippen LogP contribution is 1.98. The Balaban J connectivity index is 0. The second-order valence-electron chi connectivity index (χ2n) is 2.99. The lowest BCUT2D eigenvalue weighted by Crippen LogP contribution is -2.10. The Hall–Kier alpha value is -1.32. The van der Waals surface area contributed by atoms with Crippen LogP contribution >= 0.6 is 0 Å². The van der Waals surface area contributed by atoms with Crippen LogP contribution in [0.25, 0.3) is 0 Å². The van der Waals surface area contributed by atoms with E-state index in [-0.39, 0.29) is 12.8 Å². The molecule has 0 saturated carbocycles. The zero-order valence-corrected chi connectivity index (χ0v) is 11.3. The summed E-state index contributed by atoms with van der Waals surface area (Å²) >= 11 is 0. The van der Waals surface area contributed by atoms with Crippen LogP contribution in [0.1, 0.15) is 25.7 Å². The molecule has 0 aromatic carbocycles. The van der Waals surface area contributed by atoms with E-state index in [9.17, 15) is 26.4 Å². The van der Waals surface area contributed by atoms with Gasteiger partial charge in [-0.05, 0) is 12.8 Å². The van der Waals surface area contributed by atoms with Crippen molar-refractivity contribution in [3.63, 3.8) is 0 Å². The monoisotopic (exact) mass is 340 g/mol. The SMILES string of the molecule is O=C(O)CCCCC(=O)O.O=S(=O)(O)OOS(=O)(=O)O. The third-order valence-corrected chi connectivity index (χ3v) is 1.80. The molecular formula is C6H12O12S2. The summed E-state index contributed by atoms with van der Waals surface area (Å²) in [6.07, 6.45) is 1.02. The molecular weight excluding hydrogens is 328 g/mol. The highest BCUT2D eigenvalue weighted by Gasteiger charge is 2.13. The molecule has 20 heavy (non-hydrogen) atoms. The van der Waals surface area contributed by atoms with Gasteiger partial charge >= 0.3 is 32.7 Å². The number of hydrogen-bond donors (Lipinski definition) is 4. The smallest absolute Gasteiger partial charge is 0.425 e. The lowest BCUT2D eigenvalue weighted by atomic mass is 10.2. The first-order valence-electron chi connectivity index (χ1n) is 4.59. The maximum absolute atomic E-state index is 9.90. The third-order valence-electron chi connectivity index (χ3n) is 1.23. The van der Waals surface area contributed by atoms with Gasteiger partial charge in [-0.1, -0.05) is 8.67 Å². The van der Waals surface area contributed by atoms with E-state index < -0.39 is 32.7 Å². The van der Waals surface area contributed by atoms with Crippen LogP contribution in [-0.2, 0) is 39.1 Å². The minimum Gasteiger partial charge on any atom is -0.481 e. The Morgan fingerprint density at radius 2 is 1.00 bits per heavy atom. The average Bonchev–Trinajstić information content (AvgIpc) is 2.20. The normalized spacial score (nSPS) is 11.3. The van der Waals surface area contributed by atoms with Crippen LogP contribution in [0.5, 0.6) is 0 Å². The van der Waals surface area contributed by atoms with Crippen molar-refractivity contribution in [2.75, 3.05) is 0 Å². The minimum atomic E-state index is -5.02. The topological polar surface area (TPSA) is 202 Å². The maximum Gasteiger partial charge on any atom is 0.425 e. The van der Waals surface area contributed by atoms with E-state index in [1.54, 1.807) is 0 Å². The van der Waals surface area contributed by atoms with Gasteiger partial charge in [-0.15, -0.1) is 0 Å². The van der Waals surface area contributed by atoms with Gasteiger partial charge in [-0.2, -0.15) is 16.8 Å². The molecule has 4 N–H and O–H groups in total. The van der Waals surface area contributed by atoms with E-state index in [4.69, 9.17) is 19.3 Å². The molecule has 0 aliphatic heterocycles. The summed E-state index contributed by atoms with van der Waals surface area (Å²) in [6, 6.07) is 0. The maximum atomic E-state index is 9.90. The largest absolute Gasteiger partial charge is 0.481 e. The van der Waals surface area contributed by atoms with Crippen molar-refractivity contribution in [3.05, 3.63) is 0 Å². The summed E-state index contributed by atoms with van der Waals surface area (Å²) < 4.78 is 58.9. The summed E-state index contributed by atoms with van der Waals surface area (Å²) in [5, 5.41) is 16.3. The number of carbonyl (C=O) groups is 2. The predicted octanol–water partition coefficient (Wildman–Crippen LogP) is -0.744. The Labute approximate surface area is 113 Å². The molecule has 0 amide bonds. The van der Waals surface area contributed by atoms with Gasteiger partial charge in [0.05, 0.1) is 0 Å². The summed E-state index contributed by atoms with van der Waals surface area (Å²) in [5.41, 5.74) is 0. The van der Waals surface area contributed by atoms with Crippen molar-refractivity contribution in [2.24, 2.45) is 0 Å². The van der Waals surface area contributed by atoms with Gasteiger partial charge in [0.2, 0.25) is 0 Å². The van der Waals surface area contributed by atoms with Crippen molar-refractivity contribution < 1.29 is 54.4 Å². The lowest BCUT2D eigenvalue weighted by Gasteiger charge is -1.92. The molecule has 12 nitrogen and oxygen atoms in total. The van der Waals surface area contributed by atoms with Crippen LogP contribution in [0.2, 0.25) is 0 Å². The van der Waals surface area contributed by atoms with Gasteiger partial charge in [-0.25, -0.2) is 0 Å². The van der Waals surface area contributed by atoms with Gasteiger partial charge in [0.15, 0.2) is 0 Å². The van der Waals surface area contributed by atoms with Crippen LogP contribution in [0.4, 0.5) is 0 Å². The summed E-state index contributed by atoms with van der Waals surface area (Å²) in [5.74, 6) is -1.74. The zero-order chi connectivity index (χ0) is 16.4. The third kappa shape index (κ3) is 25.5. The van der Waals surface area contributed by atoms with Gasteiger partial charge in [0.25, 0.3) is 0 Å². The van der Waals surface area contributed by atoms with Crippen LogP contribution in [0.15, 0.2) is 0 Å². The Bertz CT molecular complexity index is 454. The minimum absolute atomic E-state index is 0.0628. The molecule has 14 heteroatoms. The predicted molar refractivity (Wildman–Crippen MR) is 59.0 cm³/mol. The van der Waals surface area contributed by atoms with Crippen LogP contribution in [0, 0.1) is 0 Å². The molecule has 0 aromatic rings. The Morgan fingerprint density at radius 3 is 1.15 bits per heavy atom. The fraction of sp³-hybridized carbons (Fsp3) is 0.667. The number of carboxylic acid groups (broad SMARTS) is 2. The van der Waals surface area contributed by atoms with Crippen molar-refractivity contribution >= 4 is 32.7 Å². The molecule has 0 spiro atoms. The Morgan fingerprint density at radius 1 is 0.750 bits per heavy atom. The molecule has 0 radical (unpaired) electrons. The lowest BCUT2D eigenvalue weighted by molar-refractivity contribution is -0.139. The number of unbranched alkanes of at least 4 members (excludes halogenated alkanes) is 1. The zero-order valence-electron chi connectivity index (χ0n) is 9.70. The van der Waals surface area contributed by atoms with Gasteiger partial charge in [-0.3, -0.25) is 18.7 Å². The van der Waals surface area contributed by atoms with Crippen molar-refractivity contribution in [1.82, 2.24) is 0 Å². The van der Waals surface area contributed by atoms with Gasteiger partial charge in [0.1, 0.15) is 0 Å². The first kappa shape index (κ1) is 21.0. The quantitative estimate of drug-likeness (QED) is 0.187. The summed E-state index contributed by atoms with van der Waals surface area (Å²) in [7, 11) is -10.0. The van der Waals surface area contributed by atoms with E-state index in [1.165, 1.54) is 0 Å². The van der Waals surface area contributed by atoms with Crippen LogP contribution in [0.3, 0.4) is 0 Å². The molecule has 0 aliphatic rings. The molecule has 0 aromatic heterocycles. The number of hydrogen-bond acceptors (Lipinski definition) is 8. The number of rotatable bonds is 8. The van der Waals surface area contributed by atoms with E-state index in [0.717, 1.165) is 0 Å². The average molecular weight is 340 g/mol. The first-order valence-corrected chi connectivity index (χ1v) is 7.32. The molecule has 0 bridgehead atoms. The first-order chi connectivity index (χ1) is 8.83. The van der Waals surface area contributed by atoms with E-state index in [2.05, 4.69) is 8.67 Å². The molecule has 120 valence electrons. The molecule has 0 unspecified atom stereocenters. The highest BCUT2D eigenvalue weighted by atomic mass is 32.3. The van der Waals surface area contributed by atoms with Gasteiger partial charge < -0.3 is 10.2 Å². The second-order valence-corrected chi connectivity index (χ2v) is 4.97. The van der Waals surface area contributed by atoms with Crippen molar-refractivity contribution in [2.45, 2.75) is 25.7 Å². The fourth-order valence-corrected chi connectivity index (χ4v) is 1.18. The summed E-state index contributed by atoms with van der Waals surface area (Å²) in [6.45, 7) is 0. The van der Waals surface area contributed by atoms with E-state index in [0.29, 0.717) is 12.8 Å². The van der Waals surface area contributed by atoms with E-state index in [1.807, 2.05) is 0 Å². The van der Waals surface area contributed by atoms with E-state index >= 15 is 0 Å². The van der Waals surface area contributed by atoms with Crippen LogP contribution < -0.4 is 0 Å².